The van der Waals surface area contributed by atoms with E-state index in [-0.39, 0.29) is 0 Å². The first kappa shape index (κ1) is 16.7. The molecule has 0 fully saturated rings. The molecule has 0 atom stereocenters. The summed E-state index contributed by atoms with van der Waals surface area (Å²) in [6, 6.07) is 11.1. The van der Waals surface area contributed by atoms with Crippen LogP contribution in [0.15, 0.2) is 41.3 Å². The molecule has 22 heavy (non-hydrogen) atoms. The van der Waals surface area contributed by atoms with Crippen LogP contribution in [0.5, 0.6) is 0 Å². The molecule has 0 aromatic heterocycles. The number of nitrogens with one attached hydrogen (secondary N) is 2. The molecule has 0 saturated carbocycles. The van der Waals surface area contributed by atoms with Gasteiger partial charge in [-0.25, -0.2) is 13.1 Å². The van der Waals surface area contributed by atoms with E-state index in [9.17, 15) is 8.42 Å². The molecule has 5 nitrogen and oxygen atoms in total. The van der Waals surface area contributed by atoms with Gasteiger partial charge in [-0.3, -0.25) is 0 Å². The highest BCUT2D eigenvalue weighted by molar-refractivity contribution is 7.89. The monoisotopic (exact) mass is 321 g/mol. The van der Waals surface area contributed by atoms with Gasteiger partial charge in [-0.2, -0.15) is 0 Å². The highest BCUT2D eigenvalue weighted by atomic mass is 32.2. The lowest BCUT2D eigenvalue weighted by atomic mass is 10.1. The van der Waals surface area contributed by atoms with Crippen LogP contribution in [0.1, 0.15) is 6.92 Å². The Morgan fingerprint density at radius 3 is 2.36 bits per heavy atom. The maximum atomic E-state index is 12.5. The summed E-state index contributed by atoms with van der Waals surface area (Å²) in [5, 5.41) is 4.77. The molecule has 2 N–H and O–H groups in total. The van der Waals surface area contributed by atoms with Crippen molar-refractivity contribution in [1.82, 2.24) is 10.0 Å². The molecule has 0 unspecified atom stereocenters. The molecule has 0 aliphatic heterocycles. The van der Waals surface area contributed by atoms with Gasteiger partial charge in [0.25, 0.3) is 0 Å². The van der Waals surface area contributed by atoms with E-state index in [1.165, 1.54) is 0 Å². The molecule has 6 heteroatoms. The van der Waals surface area contributed by atoms with Gasteiger partial charge in [-0.1, -0.05) is 31.2 Å². The number of nitrogens with zero attached hydrogens (tertiary/aromatic N) is 1. The summed E-state index contributed by atoms with van der Waals surface area (Å²) in [6.45, 7) is 3.80. The van der Waals surface area contributed by atoms with Crippen molar-refractivity contribution in [2.24, 2.45) is 0 Å². The number of anilines is 1. The number of likely N-dealkylation sites (N-methyl/N-ethyl adjacent to an activating group) is 1. The number of hydrogen-bond acceptors (Lipinski definition) is 4. The molecule has 0 amide bonds. The van der Waals surface area contributed by atoms with Crippen LogP contribution in [0.4, 0.5) is 5.69 Å². The van der Waals surface area contributed by atoms with E-state index in [0.717, 1.165) is 23.0 Å². The lowest BCUT2D eigenvalue weighted by molar-refractivity contribution is 0.578. The Morgan fingerprint density at radius 2 is 1.68 bits per heavy atom. The van der Waals surface area contributed by atoms with E-state index < -0.39 is 10.0 Å². The molecule has 0 heterocycles. The van der Waals surface area contributed by atoms with Crippen LogP contribution in [-0.4, -0.2) is 42.1 Å². The summed E-state index contributed by atoms with van der Waals surface area (Å²) in [7, 11) is 0.380. The van der Waals surface area contributed by atoms with E-state index in [4.69, 9.17) is 0 Å². The maximum absolute atomic E-state index is 12.5. The van der Waals surface area contributed by atoms with E-state index in [1.807, 2.05) is 50.2 Å². The Balaban J connectivity index is 2.41. The van der Waals surface area contributed by atoms with Crippen molar-refractivity contribution < 1.29 is 8.42 Å². The van der Waals surface area contributed by atoms with Crippen LogP contribution in [0, 0.1) is 0 Å². The second-order valence-electron chi connectivity index (χ2n) is 5.27. The SMILES string of the molecule is CCNCCNS(=O)(=O)c1cccc2c(N(C)C)cccc12. The average molecular weight is 321 g/mol. The van der Waals surface area contributed by atoms with Gasteiger partial charge in [0, 0.05) is 43.6 Å². The predicted molar refractivity (Wildman–Crippen MR) is 92.0 cm³/mol. The van der Waals surface area contributed by atoms with Crippen molar-refractivity contribution in [3.8, 4) is 0 Å². The summed E-state index contributed by atoms with van der Waals surface area (Å²) in [5.74, 6) is 0. The van der Waals surface area contributed by atoms with Crippen LogP contribution < -0.4 is 14.9 Å². The fourth-order valence-corrected chi connectivity index (χ4v) is 3.67. The Labute approximate surface area is 132 Å². The van der Waals surface area contributed by atoms with Gasteiger partial charge >= 0.3 is 0 Å². The van der Waals surface area contributed by atoms with Gasteiger partial charge in [0.1, 0.15) is 0 Å². The van der Waals surface area contributed by atoms with E-state index in [0.29, 0.717) is 18.0 Å². The largest absolute Gasteiger partial charge is 0.377 e. The van der Waals surface area contributed by atoms with Gasteiger partial charge in [0.15, 0.2) is 0 Å². The highest BCUT2D eigenvalue weighted by Gasteiger charge is 2.17. The number of fused-ring (bicyclic) bond motifs is 1. The first-order valence-corrected chi connectivity index (χ1v) is 8.85. The maximum Gasteiger partial charge on any atom is 0.241 e. The van der Waals surface area contributed by atoms with Crippen LogP contribution in [0.2, 0.25) is 0 Å². The zero-order chi connectivity index (χ0) is 16.2. The fourth-order valence-electron chi connectivity index (χ4n) is 2.42. The average Bonchev–Trinajstić information content (AvgIpc) is 2.50. The van der Waals surface area contributed by atoms with Gasteiger partial charge in [0.2, 0.25) is 10.0 Å². The molecule has 2 aromatic rings. The second kappa shape index (κ2) is 7.09. The van der Waals surface area contributed by atoms with E-state index in [1.54, 1.807) is 12.1 Å². The molecule has 0 radical (unpaired) electrons. The minimum absolute atomic E-state index is 0.324. The summed E-state index contributed by atoms with van der Waals surface area (Å²) in [5.41, 5.74) is 1.00. The Hall–Kier alpha value is -1.63. The topological polar surface area (TPSA) is 61.4 Å². The Bertz CT molecular complexity index is 742. The summed E-state index contributed by atoms with van der Waals surface area (Å²) < 4.78 is 27.7. The van der Waals surface area contributed by atoms with Gasteiger partial charge in [0.05, 0.1) is 4.90 Å². The minimum atomic E-state index is -3.52. The van der Waals surface area contributed by atoms with Crippen molar-refractivity contribution in [3.63, 3.8) is 0 Å². The molecular weight excluding hydrogens is 298 g/mol. The minimum Gasteiger partial charge on any atom is -0.377 e. The first-order chi connectivity index (χ1) is 10.5. The summed E-state index contributed by atoms with van der Waals surface area (Å²) in [4.78, 5) is 2.31. The third-order valence-corrected chi connectivity index (χ3v) is 4.99. The highest BCUT2D eigenvalue weighted by Crippen LogP contribution is 2.29. The van der Waals surface area contributed by atoms with Gasteiger partial charge in [-0.15, -0.1) is 0 Å². The van der Waals surface area contributed by atoms with Crippen LogP contribution in [0.25, 0.3) is 10.8 Å². The van der Waals surface area contributed by atoms with Crippen LogP contribution in [0.3, 0.4) is 0 Å². The molecule has 2 aromatic carbocycles. The molecule has 0 bridgehead atoms. The van der Waals surface area contributed by atoms with Crippen LogP contribution in [-0.2, 0) is 10.0 Å². The summed E-state index contributed by atoms with van der Waals surface area (Å²) >= 11 is 0. The van der Waals surface area contributed by atoms with Crippen molar-refractivity contribution >= 4 is 26.5 Å². The van der Waals surface area contributed by atoms with Crippen molar-refractivity contribution in [1.29, 1.82) is 0 Å². The zero-order valence-corrected chi connectivity index (χ0v) is 14.1. The molecule has 2 rings (SSSR count). The number of benzene rings is 2. The number of hydrogen-bond donors (Lipinski definition) is 2. The lowest BCUT2D eigenvalue weighted by Crippen LogP contribution is -2.31. The van der Waals surface area contributed by atoms with Crippen molar-refractivity contribution in [2.45, 2.75) is 11.8 Å². The van der Waals surface area contributed by atoms with Crippen LogP contribution >= 0.6 is 0 Å². The summed E-state index contributed by atoms with van der Waals surface area (Å²) in [6.07, 6.45) is 0. The fraction of sp³-hybridized carbons (Fsp3) is 0.375. The van der Waals surface area contributed by atoms with Gasteiger partial charge in [-0.05, 0) is 18.7 Å². The molecular formula is C16H23N3O2S. The first-order valence-electron chi connectivity index (χ1n) is 7.37. The van der Waals surface area contributed by atoms with E-state index in [2.05, 4.69) is 10.0 Å². The molecule has 0 aliphatic carbocycles. The smallest absolute Gasteiger partial charge is 0.241 e. The third-order valence-electron chi connectivity index (χ3n) is 3.47. The zero-order valence-electron chi connectivity index (χ0n) is 13.3. The normalized spacial score (nSPS) is 11.8. The molecule has 0 spiro atoms. The molecule has 0 saturated heterocycles. The second-order valence-corrected chi connectivity index (χ2v) is 7.01. The quantitative estimate of drug-likeness (QED) is 0.763. The lowest BCUT2D eigenvalue weighted by Gasteiger charge is -2.17. The Morgan fingerprint density at radius 1 is 1.00 bits per heavy atom. The number of rotatable bonds is 7. The predicted octanol–water partition coefficient (Wildman–Crippen LogP) is 1.79. The third kappa shape index (κ3) is 3.58. The molecule has 0 aliphatic rings. The number of sulfonamides is 1. The molecule has 120 valence electrons. The standard InChI is InChI=1S/C16H23N3O2S/c1-4-17-11-12-18-22(20,21)16-10-6-7-13-14(16)8-5-9-15(13)19(2)3/h5-10,17-18H,4,11-12H2,1-3H3. The van der Waals surface area contributed by atoms with E-state index >= 15 is 0 Å². The Kier molecular flexibility index (Phi) is 5.39. The van der Waals surface area contributed by atoms with Gasteiger partial charge < -0.3 is 10.2 Å². The van der Waals surface area contributed by atoms with Crippen molar-refractivity contribution in [3.05, 3.63) is 36.4 Å². The van der Waals surface area contributed by atoms with Crippen molar-refractivity contribution in [2.75, 3.05) is 38.6 Å².